The third-order valence-corrected chi connectivity index (χ3v) is 1.92. The summed E-state index contributed by atoms with van der Waals surface area (Å²) in [5.41, 5.74) is 3.89. The first-order valence-corrected chi connectivity index (χ1v) is 4.35. The fraction of sp³-hybridized carbons (Fsp3) is 0.625. The first-order chi connectivity index (χ1) is 6.86. The van der Waals surface area contributed by atoms with Crippen LogP contribution in [0.4, 0.5) is 13.2 Å². The monoisotopic (exact) mass is 223 g/mol. The number of rotatable bonds is 3. The second-order valence-electron chi connectivity index (χ2n) is 3.20. The lowest BCUT2D eigenvalue weighted by Crippen LogP contribution is -2.13. The van der Waals surface area contributed by atoms with Crippen molar-refractivity contribution in [1.29, 1.82) is 0 Å². The van der Waals surface area contributed by atoms with Gasteiger partial charge in [-0.05, 0) is 13.0 Å². The summed E-state index contributed by atoms with van der Waals surface area (Å²) in [5.74, 6) is 0. The molecule has 0 aliphatic heterocycles. The van der Waals surface area contributed by atoms with E-state index < -0.39 is 18.0 Å². The Morgan fingerprint density at radius 2 is 2.20 bits per heavy atom. The lowest BCUT2D eigenvalue weighted by molar-refractivity contribution is -0.143. The summed E-state index contributed by atoms with van der Waals surface area (Å²) in [6, 6.07) is 0. The van der Waals surface area contributed by atoms with E-state index in [9.17, 15) is 18.3 Å². The summed E-state index contributed by atoms with van der Waals surface area (Å²) in [5, 5.41) is 12.7. The van der Waals surface area contributed by atoms with Crippen LogP contribution in [0.15, 0.2) is 6.20 Å². The van der Waals surface area contributed by atoms with E-state index in [1.807, 2.05) is 0 Å². The van der Waals surface area contributed by atoms with E-state index in [0.717, 1.165) is 10.9 Å². The molecule has 0 spiro atoms. The Morgan fingerprint density at radius 1 is 1.60 bits per heavy atom. The second kappa shape index (κ2) is 4.19. The van der Waals surface area contributed by atoms with Crippen molar-refractivity contribution in [2.45, 2.75) is 18.7 Å². The van der Waals surface area contributed by atoms with Crippen molar-refractivity contribution in [2.24, 2.45) is 12.8 Å². The summed E-state index contributed by atoms with van der Waals surface area (Å²) in [7, 11) is 1.37. The summed E-state index contributed by atoms with van der Waals surface area (Å²) >= 11 is 0. The van der Waals surface area contributed by atoms with Gasteiger partial charge in [0.25, 0.3) is 0 Å². The number of aliphatic hydroxyl groups is 1. The normalized spacial score (nSPS) is 14.3. The van der Waals surface area contributed by atoms with Gasteiger partial charge >= 0.3 is 6.18 Å². The SMILES string of the molecule is Cn1cc([C@@H](O)CCN)c(C(F)(F)F)n1. The molecule has 0 aliphatic rings. The highest BCUT2D eigenvalue weighted by Gasteiger charge is 2.38. The largest absolute Gasteiger partial charge is 0.435 e. The van der Waals surface area contributed by atoms with Crippen LogP contribution in [0, 0.1) is 0 Å². The van der Waals surface area contributed by atoms with Crippen molar-refractivity contribution in [3.05, 3.63) is 17.5 Å². The molecule has 15 heavy (non-hydrogen) atoms. The molecule has 1 atom stereocenters. The lowest BCUT2D eigenvalue weighted by Gasteiger charge is -2.10. The van der Waals surface area contributed by atoms with Crippen LogP contribution >= 0.6 is 0 Å². The van der Waals surface area contributed by atoms with E-state index >= 15 is 0 Å². The van der Waals surface area contributed by atoms with Crippen LogP contribution in [-0.4, -0.2) is 21.4 Å². The van der Waals surface area contributed by atoms with Gasteiger partial charge in [0.15, 0.2) is 5.69 Å². The lowest BCUT2D eigenvalue weighted by atomic mass is 10.1. The molecule has 0 bridgehead atoms. The number of nitrogens with two attached hydrogens (primary N) is 1. The number of alkyl halides is 3. The maximum Gasteiger partial charge on any atom is 0.435 e. The van der Waals surface area contributed by atoms with Crippen LogP contribution < -0.4 is 5.73 Å². The van der Waals surface area contributed by atoms with Crippen LogP contribution in [-0.2, 0) is 13.2 Å². The summed E-state index contributed by atoms with van der Waals surface area (Å²) < 4.78 is 38.4. The van der Waals surface area contributed by atoms with Gasteiger partial charge in [-0.1, -0.05) is 0 Å². The van der Waals surface area contributed by atoms with E-state index in [-0.39, 0.29) is 18.5 Å². The highest BCUT2D eigenvalue weighted by atomic mass is 19.4. The Bertz CT molecular complexity index is 334. The molecule has 0 aliphatic carbocycles. The third-order valence-electron chi connectivity index (χ3n) is 1.92. The molecule has 0 saturated carbocycles. The number of hydrogen-bond acceptors (Lipinski definition) is 3. The molecular weight excluding hydrogens is 211 g/mol. The van der Waals surface area contributed by atoms with Crippen molar-refractivity contribution in [3.8, 4) is 0 Å². The average Bonchev–Trinajstić information content (AvgIpc) is 2.47. The van der Waals surface area contributed by atoms with Gasteiger partial charge in [-0.25, -0.2) is 0 Å². The summed E-state index contributed by atoms with van der Waals surface area (Å²) in [6.45, 7) is 0.118. The predicted octanol–water partition coefficient (Wildman–Crippen LogP) is 0.821. The van der Waals surface area contributed by atoms with Gasteiger partial charge in [0, 0.05) is 18.8 Å². The molecule has 0 unspecified atom stereocenters. The number of aryl methyl sites for hydroxylation is 1. The summed E-state index contributed by atoms with van der Waals surface area (Å²) in [4.78, 5) is 0. The van der Waals surface area contributed by atoms with Gasteiger partial charge in [0.1, 0.15) is 0 Å². The molecule has 4 nitrogen and oxygen atoms in total. The molecule has 0 fully saturated rings. The van der Waals surface area contributed by atoms with Crippen molar-refractivity contribution >= 4 is 0 Å². The third kappa shape index (κ3) is 2.69. The molecule has 0 saturated heterocycles. The van der Waals surface area contributed by atoms with Gasteiger partial charge in [-0.2, -0.15) is 18.3 Å². The molecule has 0 amide bonds. The minimum Gasteiger partial charge on any atom is -0.388 e. The molecule has 0 radical (unpaired) electrons. The van der Waals surface area contributed by atoms with E-state index in [1.165, 1.54) is 7.05 Å². The van der Waals surface area contributed by atoms with Gasteiger partial charge < -0.3 is 10.8 Å². The van der Waals surface area contributed by atoms with Crippen LogP contribution in [0.25, 0.3) is 0 Å². The van der Waals surface area contributed by atoms with Crippen LogP contribution in [0.3, 0.4) is 0 Å². The van der Waals surface area contributed by atoms with Crippen molar-refractivity contribution in [2.75, 3.05) is 6.54 Å². The van der Waals surface area contributed by atoms with Crippen LogP contribution in [0.1, 0.15) is 23.8 Å². The minimum atomic E-state index is -4.55. The van der Waals surface area contributed by atoms with E-state index in [1.54, 1.807) is 0 Å². The topological polar surface area (TPSA) is 64.1 Å². The van der Waals surface area contributed by atoms with Gasteiger partial charge in [-0.15, -0.1) is 0 Å². The predicted molar refractivity (Wildman–Crippen MR) is 46.8 cm³/mol. The number of hydrogen-bond donors (Lipinski definition) is 2. The quantitative estimate of drug-likeness (QED) is 0.797. The van der Waals surface area contributed by atoms with Gasteiger partial charge in [-0.3, -0.25) is 4.68 Å². The number of nitrogens with zero attached hydrogens (tertiary/aromatic N) is 2. The maximum absolute atomic E-state index is 12.4. The molecule has 1 aromatic heterocycles. The fourth-order valence-electron chi connectivity index (χ4n) is 1.28. The van der Waals surface area contributed by atoms with Crippen molar-refractivity contribution in [1.82, 2.24) is 9.78 Å². The molecule has 7 heteroatoms. The number of aliphatic hydroxyl groups excluding tert-OH is 1. The van der Waals surface area contributed by atoms with Crippen LogP contribution in [0.2, 0.25) is 0 Å². The molecule has 1 aromatic rings. The Hall–Kier alpha value is -1.08. The van der Waals surface area contributed by atoms with Gasteiger partial charge in [0.05, 0.1) is 6.10 Å². The van der Waals surface area contributed by atoms with Crippen molar-refractivity contribution in [3.63, 3.8) is 0 Å². The number of halogens is 3. The first-order valence-electron chi connectivity index (χ1n) is 4.35. The first kappa shape index (κ1) is 12.0. The maximum atomic E-state index is 12.4. The van der Waals surface area contributed by atoms with Crippen LogP contribution in [0.5, 0.6) is 0 Å². The molecule has 3 N–H and O–H groups in total. The Labute approximate surface area is 84.5 Å². The molecule has 1 rings (SSSR count). The molecular formula is C8H12F3N3O. The molecule has 1 heterocycles. The Morgan fingerprint density at radius 3 is 2.67 bits per heavy atom. The zero-order valence-corrected chi connectivity index (χ0v) is 8.12. The minimum absolute atomic E-state index is 0.0781. The van der Waals surface area contributed by atoms with E-state index in [4.69, 9.17) is 5.73 Å². The van der Waals surface area contributed by atoms with E-state index in [0.29, 0.717) is 0 Å². The van der Waals surface area contributed by atoms with Crippen molar-refractivity contribution < 1.29 is 18.3 Å². The standard InChI is InChI=1S/C8H12F3N3O/c1-14-4-5(6(15)2-3-12)7(13-14)8(9,10)11/h4,6,15H,2-3,12H2,1H3/t6-/m0/s1. The average molecular weight is 223 g/mol. The Kier molecular flexibility index (Phi) is 3.35. The van der Waals surface area contributed by atoms with Gasteiger partial charge in [0.2, 0.25) is 0 Å². The Balaban J connectivity index is 3.06. The fourth-order valence-corrected chi connectivity index (χ4v) is 1.28. The zero-order valence-electron chi connectivity index (χ0n) is 8.12. The zero-order chi connectivity index (χ0) is 11.6. The second-order valence-corrected chi connectivity index (χ2v) is 3.20. The molecule has 0 aromatic carbocycles. The molecule has 86 valence electrons. The highest BCUT2D eigenvalue weighted by molar-refractivity contribution is 5.22. The number of aromatic nitrogens is 2. The van der Waals surface area contributed by atoms with E-state index in [2.05, 4.69) is 5.10 Å². The summed E-state index contributed by atoms with van der Waals surface area (Å²) in [6.07, 6.45) is -4.54. The highest BCUT2D eigenvalue weighted by Crippen LogP contribution is 2.33. The smallest absolute Gasteiger partial charge is 0.388 e.